The zero-order valence-electron chi connectivity index (χ0n) is 9.09. The van der Waals surface area contributed by atoms with Crippen LogP contribution in [-0.4, -0.2) is 20.9 Å². The minimum absolute atomic E-state index is 0.179. The summed E-state index contributed by atoms with van der Waals surface area (Å²) in [6.07, 6.45) is 5.38. The summed E-state index contributed by atoms with van der Waals surface area (Å²) in [5.74, 6) is 3.40. The Bertz CT molecular complexity index is 562. The van der Waals surface area contributed by atoms with Gasteiger partial charge in [-0.2, -0.15) is 0 Å². The van der Waals surface area contributed by atoms with E-state index in [1.165, 1.54) is 31.0 Å². The van der Waals surface area contributed by atoms with E-state index in [1.54, 1.807) is 0 Å². The third-order valence-electron chi connectivity index (χ3n) is 2.09. The molecule has 0 saturated heterocycles. The van der Waals surface area contributed by atoms with Gasteiger partial charge in [-0.15, -0.1) is 0 Å². The molecule has 2 rings (SSSR count). The lowest BCUT2D eigenvalue weighted by atomic mass is 10.2. The van der Waals surface area contributed by atoms with Crippen LogP contribution in [0, 0.1) is 5.82 Å². The summed E-state index contributed by atoms with van der Waals surface area (Å²) in [6.45, 7) is 0. The first kappa shape index (κ1) is 11.9. The first-order valence-corrected chi connectivity index (χ1v) is 4.90. The molecule has 0 aromatic carbocycles. The van der Waals surface area contributed by atoms with Crippen molar-refractivity contribution in [2.75, 3.05) is 10.7 Å². The Morgan fingerprint density at radius 3 is 2.72 bits per heavy atom. The molecule has 4 N–H and O–H groups in total. The molecule has 8 heteroatoms. The molecule has 0 bridgehead atoms. The summed E-state index contributed by atoms with van der Waals surface area (Å²) in [5, 5.41) is 2.45. The Hall–Kier alpha value is -2.61. The maximum atomic E-state index is 13.7. The van der Waals surface area contributed by atoms with Gasteiger partial charge < -0.3 is 10.7 Å². The minimum atomic E-state index is -0.825. The van der Waals surface area contributed by atoms with Crippen molar-refractivity contribution in [3.8, 4) is 0 Å². The number of nitrogens with one attached hydrogen (secondary N) is 2. The quantitative estimate of drug-likeness (QED) is 0.541. The number of rotatable bonds is 3. The Labute approximate surface area is 101 Å². The normalized spacial score (nSPS) is 9.89. The molecule has 2 aromatic rings. The van der Waals surface area contributed by atoms with Crippen molar-refractivity contribution in [2.24, 2.45) is 5.84 Å². The fourth-order valence-corrected chi connectivity index (χ4v) is 1.28. The van der Waals surface area contributed by atoms with Crippen LogP contribution >= 0.6 is 0 Å². The van der Waals surface area contributed by atoms with Crippen LogP contribution in [0.4, 0.5) is 15.9 Å². The van der Waals surface area contributed by atoms with Crippen LogP contribution in [0.5, 0.6) is 0 Å². The lowest BCUT2D eigenvalue weighted by Gasteiger charge is -2.07. The van der Waals surface area contributed by atoms with Crippen molar-refractivity contribution < 1.29 is 9.18 Å². The average Bonchev–Trinajstić information content (AvgIpc) is 2.40. The highest BCUT2D eigenvalue weighted by Gasteiger charge is 2.15. The third-order valence-corrected chi connectivity index (χ3v) is 2.09. The molecule has 0 aliphatic carbocycles. The molecule has 0 fully saturated rings. The summed E-state index contributed by atoms with van der Waals surface area (Å²) < 4.78 is 13.7. The molecular weight excluding hydrogens is 239 g/mol. The van der Waals surface area contributed by atoms with Gasteiger partial charge in [-0.1, -0.05) is 0 Å². The molecule has 0 atom stereocenters. The molecule has 0 aliphatic heterocycles. The number of hydrazine groups is 1. The predicted molar refractivity (Wildman–Crippen MR) is 62.0 cm³/mol. The molecule has 1 amide bonds. The molecule has 0 radical (unpaired) electrons. The van der Waals surface area contributed by atoms with Crippen LogP contribution in [0.3, 0.4) is 0 Å². The van der Waals surface area contributed by atoms with E-state index in [9.17, 15) is 9.18 Å². The summed E-state index contributed by atoms with van der Waals surface area (Å²) in [5.41, 5.74) is 2.25. The Kier molecular flexibility index (Phi) is 3.39. The fourth-order valence-electron chi connectivity index (χ4n) is 1.28. The van der Waals surface area contributed by atoms with Gasteiger partial charge in [-0.05, 0) is 6.07 Å². The lowest BCUT2D eigenvalue weighted by Crippen LogP contribution is -2.17. The van der Waals surface area contributed by atoms with E-state index >= 15 is 0 Å². The summed E-state index contributed by atoms with van der Waals surface area (Å²) in [4.78, 5) is 22.9. The molecule has 0 saturated carbocycles. The Morgan fingerprint density at radius 2 is 2.06 bits per heavy atom. The van der Waals surface area contributed by atoms with Gasteiger partial charge in [0.25, 0.3) is 5.91 Å². The number of hydrogen-bond donors (Lipinski definition) is 3. The van der Waals surface area contributed by atoms with Crippen molar-refractivity contribution in [3.05, 3.63) is 42.4 Å². The first-order valence-electron chi connectivity index (χ1n) is 4.90. The zero-order valence-corrected chi connectivity index (χ0v) is 9.09. The first-order chi connectivity index (χ1) is 8.72. The summed E-state index contributed by atoms with van der Waals surface area (Å²) >= 11 is 0. The van der Waals surface area contributed by atoms with E-state index in [-0.39, 0.29) is 11.4 Å². The number of nitrogen functional groups attached to an aromatic ring is 1. The van der Waals surface area contributed by atoms with Crippen LogP contribution in [0.25, 0.3) is 0 Å². The maximum Gasteiger partial charge on any atom is 0.258 e. The van der Waals surface area contributed by atoms with E-state index in [1.807, 2.05) is 0 Å². The molecule has 0 spiro atoms. The molecule has 7 nitrogen and oxygen atoms in total. The van der Waals surface area contributed by atoms with Gasteiger partial charge in [0.15, 0.2) is 11.6 Å². The second-order valence-corrected chi connectivity index (χ2v) is 3.25. The second-order valence-electron chi connectivity index (χ2n) is 3.25. The number of nitrogens with zero attached hydrogens (tertiary/aromatic N) is 3. The van der Waals surface area contributed by atoms with Crippen LogP contribution in [0.1, 0.15) is 10.4 Å². The standard InChI is InChI=1S/C10H9FN6O/c11-8-7(1-2-15-9(8)17-12)10(18)16-6-3-13-5-14-4-6/h1-5H,12H2,(H,15,17)(H,16,18). The number of carbonyl (C=O) groups excluding carboxylic acids is 1. The van der Waals surface area contributed by atoms with Crippen molar-refractivity contribution in [1.82, 2.24) is 15.0 Å². The maximum absolute atomic E-state index is 13.7. The van der Waals surface area contributed by atoms with Crippen LogP contribution in [0.15, 0.2) is 31.0 Å². The number of carbonyl (C=O) groups is 1. The second kappa shape index (κ2) is 5.15. The van der Waals surface area contributed by atoms with E-state index in [2.05, 4.69) is 25.7 Å². The molecule has 0 unspecified atom stereocenters. The largest absolute Gasteiger partial charge is 0.319 e. The van der Waals surface area contributed by atoms with E-state index in [4.69, 9.17) is 5.84 Å². The highest BCUT2D eigenvalue weighted by atomic mass is 19.1. The molecule has 2 aromatic heterocycles. The Morgan fingerprint density at radius 1 is 1.33 bits per heavy atom. The lowest BCUT2D eigenvalue weighted by molar-refractivity contribution is 0.102. The summed E-state index contributed by atoms with van der Waals surface area (Å²) in [6, 6.07) is 1.25. The van der Waals surface area contributed by atoms with Crippen molar-refractivity contribution in [3.63, 3.8) is 0 Å². The van der Waals surface area contributed by atoms with Crippen molar-refractivity contribution >= 4 is 17.4 Å². The van der Waals surface area contributed by atoms with Gasteiger partial charge >= 0.3 is 0 Å². The number of aromatic nitrogens is 3. The number of hydrogen-bond acceptors (Lipinski definition) is 6. The minimum Gasteiger partial charge on any atom is -0.319 e. The average molecular weight is 248 g/mol. The van der Waals surface area contributed by atoms with Crippen LogP contribution in [-0.2, 0) is 0 Å². The highest BCUT2D eigenvalue weighted by molar-refractivity contribution is 6.04. The van der Waals surface area contributed by atoms with E-state index in [0.29, 0.717) is 5.69 Å². The van der Waals surface area contributed by atoms with Gasteiger partial charge in [0.05, 0.1) is 23.6 Å². The zero-order chi connectivity index (χ0) is 13.0. The molecule has 92 valence electrons. The predicted octanol–water partition coefficient (Wildman–Crippen LogP) is 0.549. The smallest absolute Gasteiger partial charge is 0.258 e. The van der Waals surface area contributed by atoms with Crippen LogP contribution in [0.2, 0.25) is 0 Å². The number of halogens is 1. The van der Waals surface area contributed by atoms with Crippen molar-refractivity contribution in [1.29, 1.82) is 0 Å². The molecule has 0 aliphatic rings. The van der Waals surface area contributed by atoms with Crippen molar-refractivity contribution in [2.45, 2.75) is 0 Å². The van der Waals surface area contributed by atoms with Crippen LogP contribution < -0.4 is 16.6 Å². The van der Waals surface area contributed by atoms with Gasteiger partial charge in [0.1, 0.15) is 6.33 Å². The number of anilines is 2. The Balaban J connectivity index is 2.24. The van der Waals surface area contributed by atoms with E-state index < -0.39 is 11.7 Å². The van der Waals surface area contributed by atoms with Gasteiger partial charge in [0.2, 0.25) is 0 Å². The fraction of sp³-hybridized carbons (Fsp3) is 0. The molecule has 2 heterocycles. The van der Waals surface area contributed by atoms with Gasteiger partial charge in [-0.25, -0.2) is 25.2 Å². The van der Waals surface area contributed by atoms with E-state index in [0.717, 1.165) is 0 Å². The number of amides is 1. The molecule has 18 heavy (non-hydrogen) atoms. The summed E-state index contributed by atoms with van der Waals surface area (Å²) in [7, 11) is 0. The third kappa shape index (κ3) is 2.38. The number of pyridine rings is 1. The SMILES string of the molecule is NNc1nccc(C(=O)Nc2cncnc2)c1F. The monoisotopic (exact) mass is 248 g/mol. The number of nitrogens with two attached hydrogens (primary N) is 1. The molecular formula is C10H9FN6O. The topological polar surface area (TPSA) is 106 Å². The van der Waals surface area contributed by atoms with Gasteiger partial charge in [0, 0.05) is 6.20 Å². The highest BCUT2D eigenvalue weighted by Crippen LogP contribution is 2.15. The van der Waals surface area contributed by atoms with Gasteiger partial charge in [-0.3, -0.25) is 4.79 Å².